The Bertz CT molecular complexity index is 357. The number of hydrogen-bond acceptors (Lipinski definition) is 1. The minimum Gasteiger partial charge on any atom is -0.306 e. The third-order valence-electron chi connectivity index (χ3n) is 3.58. The molecule has 1 fully saturated rings. The average Bonchev–Trinajstić information content (AvgIpc) is 2.46. The van der Waals surface area contributed by atoms with Gasteiger partial charge in [-0.05, 0) is 42.0 Å². The van der Waals surface area contributed by atoms with Crippen LogP contribution < -0.4 is 5.32 Å². The molecule has 1 heterocycles. The molecular weight excluding hydrogens is 194 g/mol. The van der Waals surface area contributed by atoms with Crippen molar-refractivity contribution in [1.29, 1.82) is 0 Å². The molecule has 0 radical (unpaired) electrons. The first-order valence-electron chi connectivity index (χ1n) is 5.36. The first-order chi connectivity index (χ1) is 6.84. The largest absolute Gasteiger partial charge is 0.306 e. The van der Waals surface area contributed by atoms with Crippen LogP contribution in [0.15, 0.2) is 18.2 Å². The summed E-state index contributed by atoms with van der Waals surface area (Å²) < 4.78 is 0. The lowest BCUT2D eigenvalue weighted by atomic mass is 9.77. The molecule has 0 saturated heterocycles. The zero-order chi connectivity index (χ0) is 9.54. The minimum atomic E-state index is 0.581. The van der Waals surface area contributed by atoms with Crippen LogP contribution in [0.4, 0.5) is 0 Å². The van der Waals surface area contributed by atoms with Gasteiger partial charge in [-0.3, -0.25) is 0 Å². The van der Waals surface area contributed by atoms with E-state index in [9.17, 15) is 0 Å². The van der Waals surface area contributed by atoms with Crippen molar-refractivity contribution in [3.05, 3.63) is 34.3 Å². The molecule has 1 aliphatic carbocycles. The molecule has 1 saturated carbocycles. The Kier molecular flexibility index (Phi) is 2.03. The highest BCUT2D eigenvalue weighted by Gasteiger charge is 2.32. The SMILES string of the molecule is Clc1ccc2c(c1)C(C1CCC1)NC2. The quantitative estimate of drug-likeness (QED) is 0.745. The lowest BCUT2D eigenvalue weighted by Crippen LogP contribution is -2.26. The molecule has 1 aromatic rings. The monoisotopic (exact) mass is 207 g/mol. The van der Waals surface area contributed by atoms with Gasteiger partial charge in [0.25, 0.3) is 0 Å². The van der Waals surface area contributed by atoms with E-state index in [4.69, 9.17) is 11.6 Å². The lowest BCUT2D eigenvalue weighted by Gasteiger charge is -2.32. The summed E-state index contributed by atoms with van der Waals surface area (Å²) in [5, 5.41) is 4.46. The van der Waals surface area contributed by atoms with Gasteiger partial charge in [0, 0.05) is 17.6 Å². The highest BCUT2D eigenvalue weighted by Crippen LogP contribution is 2.42. The average molecular weight is 208 g/mol. The lowest BCUT2D eigenvalue weighted by molar-refractivity contribution is 0.240. The van der Waals surface area contributed by atoms with Crippen LogP contribution in [-0.2, 0) is 6.54 Å². The Morgan fingerprint density at radius 3 is 2.86 bits per heavy atom. The summed E-state index contributed by atoms with van der Waals surface area (Å²) in [6, 6.07) is 6.87. The molecule has 0 spiro atoms. The van der Waals surface area contributed by atoms with Gasteiger partial charge in [0.05, 0.1) is 0 Å². The van der Waals surface area contributed by atoms with E-state index in [1.54, 1.807) is 0 Å². The van der Waals surface area contributed by atoms with Gasteiger partial charge in [-0.2, -0.15) is 0 Å². The summed E-state index contributed by atoms with van der Waals surface area (Å²) in [6.07, 6.45) is 4.16. The molecule has 14 heavy (non-hydrogen) atoms. The van der Waals surface area contributed by atoms with Crippen molar-refractivity contribution in [1.82, 2.24) is 5.32 Å². The van der Waals surface area contributed by atoms with Crippen LogP contribution in [0, 0.1) is 5.92 Å². The second kappa shape index (κ2) is 3.25. The van der Waals surface area contributed by atoms with E-state index in [2.05, 4.69) is 17.4 Å². The van der Waals surface area contributed by atoms with E-state index in [1.807, 2.05) is 6.07 Å². The molecule has 1 nitrogen and oxygen atoms in total. The minimum absolute atomic E-state index is 0.581. The van der Waals surface area contributed by atoms with Crippen LogP contribution in [0.5, 0.6) is 0 Å². The van der Waals surface area contributed by atoms with Gasteiger partial charge >= 0.3 is 0 Å². The van der Waals surface area contributed by atoms with Gasteiger partial charge in [-0.15, -0.1) is 0 Å². The maximum atomic E-state index is 6.03. The Balaban J connectivity index is 1.95. The van der Waals surface area contributed by atoms with Crippen molar-refractivity contribution < 1.29 is 0 Å². The molecule has 2 heteroatoms. The van der Waals surface area contributed by atoms with Crippen LogP contribution >= 0.6 is 11.6 Å². The highest BCUT2D eigenvalue weighted by molar-refractivity contribution is 6.30. The van der Waals surface area contributed by atoms with E-state index in [0.29, 0.717) is 6.04 Å². The predicted octanol–water partition coefficient (Wildman–Crippen LogP) is 3.28. The first-order valence-corrected chi connectivity index (χ1v) is 5.74. The fourth-order valence-corrected chi connectivity index (χ4v) is 2.72. The van der Waals surface area contributed by atoms with Crippen molar-refractivity contribution in [2.45, 2.75) is 31.8 Å². The van der Waals surface area contributed by atoms with E-state index >= 15 is 0 Å². The molecule has 0 bridgehead atoms. The van der Waals surface area contributed by atoms with Crippen LogP contribution in [0.1, 0.15) is 36.4 Å². The number of halogens is 1. The summed E-state index contributed by atoms with van der Waals surface area (Å²) >= 11 is 6.03. The number of hydrogen-bond donors (Lipinski definition) is 1. The van der Waals surface area contributed by atoms with E-state index < -0.39 is 0 Å². The normalized spacial score (nSPS) is 25.9. The maximum Gasteiger partial charge on any atom is 0.0409 e. The van der Waals surface area contributed by atoms with Gasteiger partial charge in [0.15, 0.2) is 0 Å². The number of benzene rings is 1. The van der Waals surface area contributed by atoms with Gasteiger partial charge in [0.1, 0.15) is 0 Å². The molecule has 0 aromatic heterocycles. The number of fused-ring (bicyclic) bond motifs is 1. The molecule has 1 aliphatic heterocycles. The third-order valence-corrected chi connectivity index (χ3v) is 3.81. The molecular formula is C12H14ClN. The Morgan fingerprint density at radius 2 is 2.14 bits per heavy atom. The van der Waals surface area contributed by atoms with E-state index in [-0.39, 0.29) is 0 Å². The van der Waals surface area contributed by atoms with Crippen molar-refractivity contribution in [3.8, 4) is 0 Å². The van der Waals surface area contributed by atoms with Gasteiger partial charge in [-0.25, -0.2) is 0 Å². The van der Waals surface area contributed by atoms with Gasteiger partial charge in [0.2, 0.25) is 0 Å². The summed E-state index contributed by atoms with van der Waals surface area (Å²) in [5.41, 5.74) is 2.88. The fraction of sp³-hybridized carbons (Fsp3) is 0.500. The molecule has 0 amide bonds. The smallest absolute Gasteiger partial charge is 0.0409 e. The highest BCUT2D eigenvalue weighted by atomic mass is 35.5. The van der Waals surface area contributed by atoms with Gasteiger partial charge in [-0.1, -0.05) is 24.1 Å². The maximum absolute atomic E-state index is 6.03. The number of rotatable bonds is 1. The summed E-state index contributed by atoms with van der Waals surface area (Å²) in [7, 11) is 0. The molecule has 1 N–H and O–H groups in total. The second-order valence-corrected chi connectivity index (χ2v) is 4.83. The number of nitrogens with one attached hydrogen (secondary N) is 1. The van der Waals surface area contributed by atoms with Crippen LogP contribution in [0.25, 0.3) is 0 Å². The second-order valence-electron chi connectivity index (χ2n) is 4.39. The predicted molar refractivity (Wildman–Crippen MR) is 58.4 cm³/mol. The summed E-state index contributed by atoms with van der Waals surface area (Å²) in [6.45, 7) is 1.02. The molecule has 2 aliphatic rings. The molecule has 1 aromatic carbocycles. The zero-order valence-corrected chi connectivity index (χ0v) is 8.85. The molecule has 1 atom stereocenters. The van der Waals surface area contributed by atoms with Crippen molar-refractivity contribution in [2.24, 2.45) is 5.92 Å². The third kappa shape index (κ3) is 1.27. The topological polar surface area (TPSA) is 12.0 Å². The first kappa shape index (κ1) is 8.75. The Morgan fingerprint density at radius 1 is 1.29 bits per heavy atom. The molecule has 1 unspecified atom stereocenters. The fourth-order valence-electron chi connectivity index (χ4n) is 2.54. The van der Waals surface area contributed by atoms with Gasteiger partial charge < -0.3 is 5.32 Å². The molecule has 3 rings (SSSR count). The van der Waals surface area contributed by atoms with Crippen molar-refractivity contribution >= 4 is 11.6 Å². The van der Waals surface area contributed by atoms with Crippen LogP contribution in [0.3, 0.4) is 0 Å². The van der Waals surface area contributed by atoms with E-state index in [1.165, 1.54) is 30.4 Å². The Labute approximate surface area is 89.5 Å². The van der Waals surface area contributed by atoms with Crippen LogP contribution in [-0.4, -0.2) is 0 Å². The van der Waals surface area contributed by atoms with Crippen molar-refractivity contribution in [3.63, 3.8) is 0 Å². The Hall–Kier alpha value is -0.530. The van der Waals surface area contributed by atoms with Crippen LogP contribution in [0.2, 0.25) is 5.02 Å². The van der Waals surface area contributed by atoms with E-state index in [0.717, 1.165) is 17.5 Å². The molecule has 74 valence electrons. The summed E-state index contributed by atoms with van der Waals surface area (Å²) in [4.78, 5) is 0. The summed E-state index contributed by atoms with van der Waals surface area (Å²) in [5.74, 6) is 0.856. The zero-order valence-electron chi connectivity index (χ0n) is 8.09. The standard InChI is InChI=1S/C12H14ClN/c13-10-5-4-9-7-14-12(11(9)6-10)8-2-1-3-8/h4-6,8,12,14H,1-3,7H2. The van der Waals surface area contributed by atoms with Crippen molar-refractivity contribution in [2.75, 3.05) is 0 Å².